The van der Waals surface area contributed by atoms with E-state index >= 15 is 0 Å². The van der Waals surface area contributed by atoms with Gasteiger partial charge in [-0.1, -0.05) is 66.7 Å². The third-order valence-corrected chi connectivity index (χ3v) is 9.75. The highest BCUT2D eigenvalue weighted by Gasteiger charge is 2.19. The van der Waals surface area contributed by atoms with Crippen LogP contribution in [-0.4, -0.2) is 39.0 Å². The van der Waals surface area contributed by atoms with Gasteiger partial charge in [-0.05, 0) is 59.7 Å². The zero-order chi connectivity index (χ0) is 32.8. The van der Waals surface area contributed by atoms with Crippen LogP contribution in [0.3, 0.4) is 0 Å². The van der Waals surface area contributed by atoms with Crippen LogP contribution in [0.5, 0.6) is 0 Å². The molecule has 6 aromatic carbocycles. The number of para-hydroxylation sites is 3. The van der Waals surface area contributed by atoms with Gasteiger partial charge in [0.25, 0.3) is 0 Å². The fraction of sp³-hybridized carbons (Fsp3) is 0. The molecule has 5 aromatic heterocycles. The molecule has 5 heterocycles. The number of aromatic nitrogens is 8. The molecule has 0 saturated carbocycles. The summed E-state index contributed by atoms with van der Waals surface area (Å²) in [7, 11) is 0. The van der Waals surface area contributed by atoms with E-state index in [0.717, 1.165) is 38.6 Å². The zero-order valence-corrected chi connectivity index (χ0v) is 26.4. The van der Waals surface area contributed by atoms with Crippen molar-refractivity contribution >= 4 is 76.7 Å². The summed E-state index contributed by atoms with van der Waals surface area (Å²) in [4.78, 5) is 28.5. The molecule has 0 unspecified atom stereocenters. The lowest BCUT2D eigenvalue weighted by atomic mass is 10.0. The molecule has 0 bridgehead atoms. The van der Waals surface area contributed by atoms with Crippen LogP contribution in [0.2, 0.25) is 0 Å². The molecule has 0 spiro atoms. The second kappa shape index (κ2) is 10.2. The van der Waals surface area contributed by atoms with Crippen LogP contribution in [0.1, 0.15) is 0 Å². The first kappa shape index (κ1) is 26.9. The van der Waals surface area contributed by atoms with Gasteiger partial charge in [0.15, 0.2) is 5.82 Å². The Hall–Kier alpha value is -7.06. The van der Waals surface area contributed by atoms with E-state index in [9.17, 15) is 0 Å². The average molecular weight is 641 g/mol. The van der Waals surface area contributed by atoms with Crippen LogP contribution in [0.25, 0.3) is 99.3 Å². The van der Waals surface area contributed by atoms with Crippen molar-refractivity contribution in [2.24, 2.45) is 0 Å². The third-order valence-electron chi connectivity index (χ3n) is 9.75. The van der Waals surface area contributed by atoms with Crippen molar-refractivity contribution in [2.45, 2.75) is 0 Å². The van der Waals surface area contributed by atoms with Gasteiger partial charge in [0.05, 0.1) is 28.3 Å². The number of rotatable bonds is 3. The molecule has 0 atom stereocenters. The zero-order valence-electron chi connectivity index (χ0n) is 26.4. The highest BCUT2D eigenvalue weighted by molar-refractivity contribution is 6.18. The van der Waals surface area contributed by atoms with Gasteiger partial charge in [-0.2, -0.15) is 0 Å². The number of hydrogen-bond acceptors (Lipinski definition) is 6. The van der Waals surface area contributed by atoms with Crippen molar-refractivity contribution in [3.63, 3.8) is 0 Å². The minimum Gasteiger partial charge on any atom is -0.309 e. The summed E-state index contributed by atoms with van der Waals surface area (Å²) in [5.74, 6) is 0.696. The van der Waals surface area contributed by atoms with E-state index in [1.807, 2.05) is 6.20 Å². The highest BCUT2D eigenvalue weighted by Crippen LogP contribution is 2.38. The Balaban J connectivity index is 1.12. The normalized spacial score (nSPS) is 12.0. The Labute approximate surface area is 284 Å². The first-order valence-electron chi connectivity index (χ1n) is 16.4. The van der Waals surface area contributed by atoms with E-state index < -0.39 is 0 Å². The van der Waals surface area contributed by atoms with Gasteiger partial charge in [0.2, 0.25) is 0 Å². The van der Waals surface area contributed by atoms with Gasteiger partial charge in [-0.15, -0.1) is 0 Å². The number of fused-ring (bicyclic) bond motifs is 12. The minimum atomic E-state index is 0.643. The van der Waals surface area contributed by atoms with Gasteiger partial charge in [0, 0.05) is 52.0 Å². The minimum absolute atomic E-state index is 0.643. The van der Waals surface area contributed by atoms with Gasteiger partial charge < -0.3 is 4.57 Å². The molecule has 0 fully saturated rings. The van der Waals surface area contributed by atoms with Crippen LogP contribution in [0.4, 0.5) is 0 Å². The van der Waals surface area contributed by atoms with Crippen molar-refractivity contribution in [1.82, 2.24) is 39.0 Å². The van der Waals surface area contributed by atoms with E-state index in [1.165, 1.54) is 21.8 Å². The summed E-state index contributed by atoms with van der Waals surface area (Å²) in [5, 5.41) is 4.74. The van der Waals surface area contributed by atoms with Crippen molar-refractivity contribution in [1.29, 1.82) is 0 Å². The monoisotopic (exact) mass is 640 g/mol. The van der Waals surface area contributed by atoms with Gasteiger partial charge in [0.1, 0.15) is 33.1 Å². The highest BCUT2D eigenvalue weighted by atomic mass is 15.1. The topological polar surface area (TPSA) is 87.2 Å². The maximum atomic E-state index is 5.20. The van der Waals surface area contributed by atoms with E-state index in [1.54, 1.807) is 24.8 Å². The molecule has 232 valence electrons. The summed E-state index contributed by atoms with van der Waals surface area (Å²) in [6, 6.07) is 41.2. The van der Waals surface area contributed by atoms with E-state index in [4.69, 9.17) is 9.97 Å². The molecule has 8 heteroatoms. The summed E-state index contributed by atoms with van der Waals surface area (Å²) >= 11 is 0. The summed E-state index contributed by atoms with van der Waals surface area (Å²) < 4.78 is 4.53. The van der Waals surface area contributed by atoms with Gasteiger partial charge >= 0.3 is 0 Å². The average Bonchev–Trinajstić information content (AvgIpc) is 3.70. The molecular formula is C42H24N8. The molecule has 11 aromatic rings. The molecular weight excluding hydrogens is 617 g/mol. The van der Waals surface area contributed by atoms with Crippen LogP contribution in [0.15, 0.2) is 146 Å². The second-order valence-electron chi connectivity index (χ2n) is 12.4. The summed E-state index contributed by atoms with van der Waals surface area (Å²) in [6.07, 6.45) is 8.50. The van der Waals surface area contributed by atoms with E-state index in [2.05, 4.69) is 144 Å². The molecule has 0 aliphatic rings. The van der Waals surface area contributed by atoms with Gasteiger partial charge in [-0.25, -0.2) is 9.97 Å². The Morgan fingerprint density at radius 3 is 1.42 bits per heavy atom. The Kier molecular flexibility index (Phi) is 5.51. The van der Waals surface area contributed by atoms with Crippen molar-refractivity contribution in [2.75, 3.05) is 0 Å². The standard InChI is InChI=1S/C42H24N8/c1-2-8-27(9-3-1)49-32-12-6-4-10-28(32)30-22-25(14-16-34(30)49)26-15-17-35-31(23-26)29-11-5-7-13-33(29)50(35)36-24-47-41-39-37(43-18-19-45-39)38-40(42(41)48-36)46-21-20-44-38/h1-24H. The maximum Gasteiger partial charge on any atom is 0.157 e. The Morgan fingerprint density at radius 1 is 0.360 bits per heavy atom. The molecule has 0 radical (unpaired) electrons. The van der Waals surface area contributed by atoms with E-state index in [0.29, 0.717) is 38.9 Å². The van der Waals surface area contributed by atoms with Crippen LogP contribution in [-0.2, 0) is 0 Å². The van der Waals surface area contributed by atoms with Gasteiger partial charge in [-0.3, -0.25) is 24.5 Å². The first-order chi connectivity index (χ1) is 24.8. The summed E-state index contributed by atoms with van der Waals surface area (Å²) in [5.41, 5.74) is 11.9. The van der Waals surface area contributed by atoms with Crippen LogP contribution in [0, 0.1) is 0 Å². The number of hydrogen-bond donors (Lipinski definition) is 0. The quantitative estimate of drug-likeness (QED) is 0.179. The Bertz CT molecular complexity index is 3130. The number of nitrogens with zero attached hydrogens (tertiary/aromatic N) is 8. The first-order valence-corrected chi connectivity index (χ1v) is 16.4. The van der Waals surface area contributed by atoms with Crippen molar-refractivity contribution < 1.29 is 0 Å². The molecule has 0 aliphatic carbocycles. The lowest BCUT2D eigenvalue weighted by Gasteiger charge is -2.10. The molecule has 8 nitrogen and oxygen atoms in total. The smallest absolute Gasteiger partial charge is 0.157 e. The predicted molar refractivity (Wildman–Crippen MR) is 200 cm³/mol. The second-order valence-corrected chi connectivity index (χ2v) is 12.4. The number of benzene rings is 6. The molecule has 0 amide bonds. The molecule has 0 N–H and O–H groups in total. The molecule has 0 saturated heterocycles. The Morgan fingerprint density at radius 2 is 0.820 bits per heavy atom. The predicted octanol–water partition coefficient (Wildman–Crippen LogP) is 9.38. The summed E-state index contributed by atoms with van der Waals surface area (Å²) in [6.45, 7) is 0. The maximum absolute atomic E-state index is 5.20. The molecule has 0 aliphatic heterocycles. The largest absolute Gasteiger partial charge is 0.309 e. The van der Waals surface area contributed by atoms with E-state index in [-0.39, 0.29) is 0 Å². The van der Waals surface area contributed by atoms with Crippen molar-refractivity contribution in [3.05, 3.63) is 146 Å². The SMILES string of the molecule is c1ccc(-n2c3ccccc3c3cc(-c4ccc5c(c4)c4ccccc4n5-c4cnc5c6nccnc6c6nccnc6c5n4)ccc32)cc1. The fourth-order valence-corrected chi connectivity index (χ4v) is 7.60. The van der Waals surface area contributed by atoms with Crippen LogP contribution < -0.4 is 0 Å². The van der Waals surface area contributed by atoms with Crippen molar-refractivity contribution in [3.8, 4) is 22.6 Å². The molecule has 50 heavy (non-hydrogen) atoms. The van der Waals surface area contributed by atoms with Crippen LogP contribution >= 0.6 is 0 Å². The molecule has 11 rings (SSSR count). The third kappa shape index (κ3) is 3.75. The fourth-order valence-electron chi connectivity index (χ4n) is 7.60. The lowest BCUT2D eigenvalue weighted by Crippen LogP contribution is -2.01. The lowest BCUT2D eigenvalue weighted by molar-refractivity contribution is 1.08.